The number of hydrogen-bond acceptors (Lipinski definition) is 6. The number of amides is 1. The summed E-state index contributed by atoms with van der Waals surface area (Å²) in [4.78, 5) is 18.2. The second-order valence-electron chi connectivity index (χ2n) is 17.3. The first-order valence-corrected chi connectivity index (χ1v) is 20.0. The largest absolute Gasteiger partial charge is 0.494 e. The highest BCUT2D eigenvalue weighted by molar-refractivity contribution is 7.89. The van der Waals surface area contributed by atoms with Crippen molar-refractivity contribution >= 4 is 27.5 Å². The second-order valence-corrected chi connectivity index (χ2v) is 19.7. The van der Waals surface area contributed by atoms with Crippen LogP contribution < -0.4 is 10.1 Å². The highest BCUT2D eigenvalue weighted by Gasteiger charge is 2.62. The normalized spacial score (nSPS) is 26.5. The third-order valence-corrected chi connectivity index (χ3v) is 14.4. The van der Waals surface area contributed by atoms with Crippen LogP contribution in [0.4, 0.5) is 4.39 Å². The number of fused-ring (bicyclic) bond motifs is 2. The first-order chi connectivity index (χ1) is 23.3. The van der Waals surface area contributed by atoms with Crippen molar-refractivity contribution in [1.29, 1.82) is 0 Å². The average Bonchev–Trinajstić information content (AvgIpc) is 3.50. The maximum atomic E-state index is 15.7. The number of nitrogens with zero attached hydrogens (tertiary/aromatic N) is 3. The van der Waals surface area contributed by atoms with Crippen LogP contribution in [0, 0.1) is 28.0 Å². The van der Waals surface area contributed by atoms with Crippen LogP contribution in [0.2, 0.25) is 5.02 Å². The summed E-state index contributed by atoms with van der Waals surface area (Å²) in [5, 5.41) is 3.66. The van der Waals surface area contributed by atoms with Crippen LogP contribution in [0.3, 0.4) is 0 Å². The van der Waals surface area contributed by atoms with E-state index < -0.39 is 21.9 Å². The van der Waals surface area contributed by atoms with Gasteiger partial charge in [0.1, 0.15) is 6.04 Å². The van der Waals surface area contributed by atoms with Crippen LogP contribution in [0.15, 0.2) is 36.4 Å². The third-order valence-electron chi connectivity index (χ3n) is 12.2. The van der Waals surface area contributed by atoms with Crippen LogP contribution in [0.1, 0.15) is 90.3 Å². The van der Waals surface area contributed by atoms with Crippen LogP contribution >= 0.6 is 11.6 Å². The molecule has 1 amide bonds. The number of benzene rings is 2. The minimum Gasteiger partial charge on any atom is -0.494 e. The quantitative estimate of drug-likeness (QED) is 0.237. The van der Waals surface area contributed by atoms with Crippen molar-refractivity contribution in [2.75, 3.05) is 33.5 Å². The lowest BCUT2D eigenvalue weighted by atomic mass is 9.69. The van der Waals surface area contributed by atoms with Gasteiger partial charge in [-0.15, -0.1) is 0 Å². The number of likely N-dealkylation sites (N-methyl/N-ethyl adjacent to an activating group) is 1. The molecule has 3 aliphatic rings. The van der Waals surface area contributed by atoms with Crippen molar-refractivity contribution in [3.8, 4) is 5.75 Å². The summed E-state index contributed by atoms with van der Waals surface area (Å²) in [6.07, 6.45) is 4.34. The second kappa shape index (κ2) is 14.6. The van der Waals surface area contributed by atoms with Gasteiger partial charge in [-0.05, 0) is 91.6 Å². The number of sulfonamides is 1. The van der Waals surface area contributed by atoms with Gasteiger partial charge in [-0.25, -0.2) is 12.8 Å². The maximum Gasteiger partial charge on any atom is 0.238 e. The molecule has 2 aromatic carbocycles. The van der Waals surface area contributed by atoms with E-state index in [-0.39, 0.29) is 65.2 Å². The van der Waals surface area contributed by atoms with Crippen molar-refractivity contribution in [3.05, 3.63) is 63.9 Å². The molecule has 5 rings (SSSR count). The van der Waals surface area contributed by atoms with E-state index in [2.05, 4.69) is 56.7 Å². The zero-order valence-corrected chi connectivity index (χ0v) is 33.1. The van der Waals surface area contributed by atoms with E-state index in [1.807, 2.05) is 38.4 Å². The SMILES string of the molecule is COc1ccc(Cl)c(CN(Cc2cccc(CN3[C@H](C(=O)NC4CC5CCC4(C)C5(C)C)CCS3(=O)=O)c2)[C@H](CN(C)C)CC(C)(C)C)c1F. The summed E-state index contributed by atoms with van der Waals surface area (Å²) in [5.41, 5.74) is 2.31. The molecule has 278 valence electrons. The molecule has 1 N–H and O–H groups in total. The summed E-state index contributed by atoms with van der Waals surface area (Å²) in [6.45, 7) is 15.1. The van der Waals surface area contributed by atoms with Crippen LogP contribution in [0.5, 0.6) is 5.75 Å². The summed E-state index contributed by atoms with van der Waals surface area (Å²) >= 11 is 6.60. The van der Waals surface area contributed by atoms with Gasteiger partial charge in [0.2, 0.25) is 15.9 Å². The maximum absolute atomic E-state index is 15.7. The molecule has 3 fully saturated rings. The molecule has 0 spiro atoms. The van der Waals surface area contributed by atoms with E-state index in [1.54, 1.807) is 12.1 Å². The minimum atomic E-state index is -3.61. The Kier molecular flexibility index (Phi) is 11.4. The Morgan fingerprint density at radius 2 is 1.82 bits per heavy atom. The molecule has 2 aromatic rings. The zero-order chi connectivity index (χ0) is 36.8. The number of carbonyl (C=O) groups is 1. The van der Waals surface area contributed by atoms with E-state index in [4.69, 9.17) is 16.3 Å². The van der Waals surface area contributed by atoms with Gasteiger partial charge in [0.25, 0.3) is 0 Å². The lowest BCUT2D eigenvalue weighted by Crippen LogP contribution is -2.52. The molecule has 2 saturated carbocycles. The Balaban J connectivity index is 1.39. The Morgan fingerprint density at radius 1 is 1.12 bits per heavy atom. The standard InChI is InChI=1S/C39H58ClFN4O4S/c1-37(2,3)21-29(24-43(7)8)44(25-30-31(40)13-14-33(49-9)35(30)41)22-26-11-10-12-27(19-26)23-45-32(16-18-50(45,47)48)36(46)42-34-20-28-15-17-39(34,6)38(28,4)5/h10-14,19,28-29,32,34H,15-18,20-25H2,1-9H3,(H,42,46)/t28?,29-,32-,34?,39?/m0/s1. The minimum absolute atomic E-state index is 0.00239. The van der Waals surface area contributed by atoms with E-state index in [0.717, 1.165) is 36.9 Å². The van der Waals surface area contributed by atoms with Crippen molar-refractivity contribution in [1.82, 2.24) is 19.4 Å². The molecule has 1 heterocycles. The molecule has 0 radical (unpaired) electrons. The molecule has 1 aliphatic heterocycles. The number of rotatable bonds is 13. The van der Waals surface area contributed by atoms with Gasteiger partial charge >= 0.3 is 0 Å². The van der Waals surface area contributed by atoms with Gasteiger partial charge in [0.05, 0.1) is 12.9 Å². The Labute approximate surface area is 305 Å². The first-order valence-electron chi connectivity index (χ1n) is 18.0. The summed E-state index contributed by atoms with van der Waals surface area (Å²) in [6, 6.07) is 10.5. The Morgan fingerprint density at radius 3 is 2.42 bits per heavy atom. The van der Waals surface area contributed by atoms with Gasteiger partial charge in [-0.3, -0.25) is 9.69 Å². The van der Waals surface area contributed by atoms with E-state index in [9.17, 15) is 13.2 Å². The molecule has 8 nitrogen and oxygen atoms in total. The fourth-order valence-electron chi connectivity index (χ4n) is 8.95. The number of hydrogen-bond donors (Lipinski definition) is 1. The molecular formula is C39H58ClFN4O4S. The lowest BCUT2D eigenvalue weighted by Gasteiger charge is -2.40. The fraction of sp³-hybridized carbons (Fsp3) is 0.667. The number of methoxy groups -OCH3 is 1. The van der Waals surface area contributed by atoms with Gasteiger partial charge in [0, 0.05) is 48.8 Å². The Hall–Kier alpha value is -2.24. The van der Waals surface area contributed by atoms with Crippen molar-refractivity contribution in [3.63, 3.8) is 0 Å². The number of carbonyl (C=O) groups excluding carboxylic acids is 1. The van der Waals surface area contributed by atoms with Gasteiger partial charge in [-0.1, -0.05) is 77.4 Å². The van der Waals surface area contributed by atoms with E-state index in [1.165, 1.54) is 17.8 Å². The van der Waals surface area contributed by atoms with Gasteiger partial charge in [-0.2, -0.15) is 4.31 Å². The van der Waals surface area contributed by atoms with Gasteiger partial charge < -0.3 is 15.0 Å². The molecular weight excluding hydrogens is 675 g/mol. The van der Waals surface area contributed by atoms with E-state index in [0.29, 0.717) is 23.0 Å². The molecule has 2 aliphatic carbocycles. The van der Waals surface area contributed by atoms with Crippen LogP contribution in [0.25, 0.3) is 0 Å². The van der Waals surface area contributed by atoms with E-state index >= 15 is 4.39 Å². The molecule has 2 bridgehead atoms. The fourth-order valence-corrected chi connectivity index (χ4v) is 10.8. The number of halogens is 2. The molecule has 11 heteroatoms. The molecule has 3 unspecified atom stereocenters. The van der Waals surface area contributed by atoms with Crippen molar-refractivity contribution in [2.45, 2.75) is 111 Å². The third kappa shape index (κ3) is 8.04. The number of ether oxygens (including phenoxy) is 1. The molecule has 5 atom stereocenters. The summed E-state index contributed by atoms with van der Waals surface area (Å²) < 4.78 is 49.1. The summed E-state index contributed by atoms with van der Waals surface area (Å²) in [5.74, 6) is 0.0229. The zero-order valence-electron chi connectivity index (χ0n) is 31.5. The van der Waals surface area contributed by atoms with Crippen LogP contribution in [-0.4, -0.2) is 80.1 Å². The Bertz CT molecular complexity index is 1660. The lowest BCUT2D eigenvalue weighted by molar-refractivity contribution is -0.126. The van der Waals surface area contributed by atoms with Crippen LogP contribution in [-0.2, 0) is 34.5 Å². The topological polar surface area (TPSA) is 82.2 Å². The highest BCUT2D eigenvalue weighted by atomic mass is 35.5. The summed E-state index contributed by atoms with van der Waals surface area (Å²) in [7, 11) is 1.91. The van der Waals surface area contributed by atoms with Crippen molar-refractivity contribution in [2.24, 2.45) is 22.2 Å². The number of nitrogens with one attached hydrogen (secondary N) is 1. The van der Waals surface area contributed by atoms with Gasteiger partial charge in [0.15, 0.2) is 11.6 Å². The van der Waals surface area contributed by atoms with Crippen molar-refractivity contribution < 1.29 is 22.3 Å². The predicted molar refractivity (Wildman–Crippen MR) is 199 cm³/mol. The monoisotopic (exact) mass is 732 g/mol. The smallest absolute Gasteiger partial charge is 0.238 e. The first kappa shape index (κ1) is 39.0. The average molecular weight is 733 g/mol. The highest BCUT2D eigenvalue weighted by Crippen LogP contribution is 2.65. The predicted octanol–water partition coefficient (Wildman–Crippen LogP) is 7.09. The molecule has 50 heavy (non-hydrogen) atoms. The molecule has 0 aromatic heterocycles. The molecule has 1 saturated heterocycles.